The largest absolute Gasteiger partial charge is 0.380 e. The minimum Gasteiger partial charge on any atom is -0.380 e. The van der Waals surface area contributed by atoms with E-state index in [0.29, 0.717) is 5.56 Å². The van der Waals surface area contributed by atoms with Gasteiger partial charge in [-0.1, -0.05) is 22.0 Å². The van der Waals surface area contributed by atoms with Crippen LogP contribution in [0.3, 0.4) is 0 Å². The van der Waals surface area contributed by atoms with E-state index in [2.05, 4.69) is 33.3 Å². The molecule has 0 heterocycles. The van der Waals surface area contributed by atoms with E-state index < -0.39 is 0 Å². The fraction of sp³-hybridized carbons (Fsp3) is 0.533. The van der Waals surface area contributed by atoms with Gasteiger partial charge in [0, 0.05) is 29.7 Å². The lowest BCUT2D eigenvalue weighted by molar-refractivity contribution is 0.0953. The average molecular weight is 356 g/mol. The van der Waals surface area contributed by atoms with E-state index in [4.69, 9.17) is 10.6 Å². The van der Waals surface area contributed by atoms with E-state index in [0.717, 1.165) is 42.3 Å². The normalized spacial score (nSPS) is 14.5. The van der Waals surface area contributed by atoms with Crippen LogP contribution >= 0.6 is 15.9 Å². The number of nitrogens with zero attached hydrogens (tertiary/aromatic N) is 1. The zero-order valence-electron chi connectivity index (χ0n) is 12.3. The van der Waals surface area contributed by atoms with Gasteiger partial charge in [0.2, 0.25) is 0 Å². The van der Waals surface area contributed by atoms with Gasteiger partial charge in [0.05, 0.1) is 6.61 Å². The second-order valence-electron chi connectivity index (χ2n) is 5.54. The smallest absolute Gasteiger partial charge is 0.265 e. The molecule has 0 unspecified atom stereocenters. The van der Waals surface area contributed by atoms with E-state index in [1.165, 1.54) is 12.8 Å². The van der Waals surface area contributed by atoms with Crippen LogP contribution in [0, 0.1) is 5.92 Å². The number of amides is 1. The Morgan fingerprint density at radius 3 is 2.90 bits per heavy atom. The highest BCUT2D eigenvalue weighted by atomic mass is 79.9. The molecule has 0 aliphatic heterocycles. The van der Waals surface area contributed by atoms with E-state index >= 15 is 0 Å². The number of halogens is 1. The number of nitrogen functional groups attached to an aromatic ring is 1. The molecule has 21 heavy (non-hydrogen) atoms. The number of nitrogens with two attached hydrogens (primary N) is 1. The molecule has 1 aromatic rings. The molecule has 6 heteroatoms. The number of rotatable bonds is 8. The Hall–Kier alpha value is -0.950. The molecule has 0 radical (unpaired) electrons. The molecule has 0 atom stereocenters. The molecular formula is C15H22BrN3O2. The molecule has 0 saturated heterocycles. The molecule has 2 rings (SSSR count). The van der Waals surface area contributed by atoms with Gasteiger partial charge in [-0.15, -0.1) is 0 Å². The topological polar surface area (TPSA) is 67.6 Å². The monoisotopic (exact) mass is 355 g/mol. The summed E-state index contributed by atoms with van der Waals surface area (Å²) in [6, 6.07) is 5.50. The third kappa shape index (κ3) is 5.39. The third-order valence-electron chi connectivity index (χ3n) is 3.55. The summed E-state index contributed by atoms with van der Waals surface area (Å²) in [6.45, 7) is 3.36. The van der Waals surface area contributed by atoms with Crippen molar-refractivity contribution < 1.29 is 9.53 Å². The van der Waals surface area contributed by atoms with Gasteiger partial charge in [-0.25, -0.2) is 5.84 Å². The van der Waals surface area contributed by atoms with Crippen LogP contribution in [0.5, 0.6) is 0 Å². The highest BCUT2D eigenvalue weighted by Crippen LogP contribution is 2.28. The second-order valence-corrected chi connectivity index (χ2v) is 6.39. The lowest BCUT2D eigenvalue weighted by atomic mass is 10.1. The minimum atomic E-state index is -0.288. The Kier molecular flexibility index (Phi) is 6.17. The van der Waals surface area contributed by atoms with Crippen molar-refractivity contribution in [3.63, 3.8) is 0 Å². The van der Waals surface area contributed by atoms with Crippen molar-refractivity contribution in [3.8, 4) is 0 Å². The lowest BCUT2D eigenvalue weighted by Gasteiger charge is -2.18. The molecular weight excluding hydrogens is 334 g/mol. The van der Waals surface area contributed by atoms with Crippen molar-refractivity contribution in [2.75, 3.05) is 26.8 Å². The molecule has 0 spiro atoms. The summed E-state index contributed by atoms with van der Waals surface area (Å²) in [5, 5.41) is 0. The number of nitrogens with one attached hydrogen (secondary N) is 1. The van der Waals surface area contributed by atoms with Crippen LogP contribution in [0.1, 0.15) is 28.8 Å². The van der Waals surface area contributed by atoms with E-state index in [9.17, 15) is 4.79 Å². The van der Waals surface area contributed by atoms with Crippen LogP contribution in [-0.2, 0) is 11.3 Å². The van der Waals surface area contributed by atoms with Crippen molar-refractivity contribution in [2.24, 2.45) is 11.8 Å². The predicted molar refractivity (Wildman–Crippen MR) is 85.7 cm³/mol. The lowest BCUT2D eigenvalue weighted by Crippen LogP contribution is -2.30. The minimum absolute atomic E-state index is 0.288. The maximum Gasteiger partial charge on any atom is 0.265 e. The van der Waals surface area contributed by atoms with Crippen LogP contribution < -0.4 is 11.3 Å². The Morgan fingerprint density at radius 1 is 1.52 bits per heavy atom. The number of carbonyl (C=O) groups excluding carboxylic acids is 1. The predicted octanol–water partition coefficient (Wildman–Crippen LogP) is 1.91. The van der Waals surface area contributed by atoms with Gasteiger partial charge in [-0.3, -0.25) is 15.1 Å². The van der Waals surface area contributed by atoms with Crippen molar-refractivity contribution in [3.05, 3.63) is 33.8 Å². The number of hydrogen-bond acceptors (Lipinski definition) is 4. The number of ether oxygens (including phenoxy) is 1. The fourth-order valence-electron chi connectivity index (χ4n) is 2.02. The van der Waals surface area contributed by atoms with E-state index in [1.54, 1.807) is 12.1 Å². The molecule has 0 bridgehead atoms. The van der Waals surface area contributed by atoms with Crippen LogP contribution in [-0.4, -0.2) is 37.6 Å². The Morgan fingerprint density at radius 2 is 2.29 bits per heavy atom. The van der Waals surface area contributed by atoms with Gasteiger partial charge in [0.15, 0.2) is 0 Å². The Labute approximate surface area is 133 Å². The van der Waals surface area contributed by atoms with Crippen molar-refractivity contribution in [2.45, 2.75) is 19.4 Å². The molecule has 1 aliphatic carbocycles. The standard InChI is InChI=1S/C15H22BrN3O2/c1-19(6-7-21-10-11-2-3-11)9-13-5-4-12(8-14(13)16)15(20)18-17/h4-5,8,11H,2-3,6-7,9-10,17H2,1H3,(H,18,20). The quantitative estimate of drug-likeness (QED) is 0.323. The Balaban J connectivity index is 1.79. The zero-order chi connectivity index (χ0) is 15.2. The summed E-state index contributed by atoms with van der Waals surface area (Å²) in [7, 11) is 2.06. The average Bonchev–Trinajstić information content (AvgIpc) is 3.29. The van der Waals surface area contributed by atoms with E-state index in [-0.39, 0.29) is 5.91 Å². The first-order chi connectivity index (χ1) is 10.1. The number of likely N-dealkylation sites (N-methyl/N-ethyl adjacent to an activating group) is 1. The second kappa shape index (κ2) is 7.89. The summed E-state index contributed by atoms with van der Waals surface area (Å²) in [5.74, 6) is 5.65. The summed E-state index contributed by atoms with van der Waals surface area (Å²) in [6.07, 6.45) is 2.65. The van der Waals surface area contributed by atoms with Gasteiger partial charge >= 0.3 is 0 Å². The summed E-state index contributed by atoms with van der Waals surface area (Å²) in [5.41, 5.74) is 3.81. The maximum absolute atomic E-state index is 11.4. The SMILES string of the molecule is CN(CCOCC1CC1)Cc1ccc(C(=O)NN)cc1Br. The number of carbonyl (C=O) groups is 1. The van der Waals surface area contributed by atoms with Gasteiger partial charge in [0.25, 0.3) is 5.91 Å². The highest BCUT2D eigenvalue weighted by molar-refractivity contribution is 9.10. The fourth-order valence-corrected chi connectivity index (χ4v) is 2.53. The van der Waals surface area contributed by atoms with Crippen LogP contribution in [0.2, 0.25) is 0 Å². The number of hydrazine groups is 1. The van der Waals surface area contributed by atoms with Crippen molar-refractivity contribution in [1.29, 1.82) is 0 Å². The molecule has 5 nitrogen and oxygen atoms in total. The molecule has 1 amide bonds. The summed E-state index contributed by atoms with van der Waals surface area (Å²) < 4.78 is 6.55. The highest BCUT2D eigenvalue weighted by Gasteiger charge is 2.21. The molecule has 116 valence electrons. The van der Waals surface area contributed by atoms with Gasteiger partial charge in [-0.05, 0) is 43.5 Å². The Bertz CT molecular complexity index is 492. The molecule has 3 N–H and O–H groups in total. The van der Waals surface area contributed by atoms with Gasteiger partial charge < -0.3 is 4.74 Å². The number of hydrogen-bond donors (Lipinski definition) is 2. The first-order valence-corrected chi connectivity index (χ1v) is 7.95. The van der Waals surface area contributed by atoms with Gasteiger partial charge in [-0.2, -0.15) is 0 Å². The maximum atomic E-state index is 11.4. The first kappa shape index (κ1) is 16.4. The van der Waals surface area contributed by atoms with Crippen LogP contribution in [0.15, 0.2) is 22.7 Å². The first-order valence-electron chi connectivity index (χ1n) is 7.16. The van der Waals surface area contributed by atoms with E-state index in [1.807, 2.05) is 6.07 Å². The summed E-state index contributed by atoms with van der Waals surface area (Å²) in [4.78, 5) is 13.7. The van der Waals surface area contributed by atoms with Crippen LogP contribution in [0.4, 0.5) is 0 Å². The molecule has 1 aliphatic rings. The summed E-state index contributed by atoms with van der Waals surface area (Å²) >= 11 is 3.50. The third-order valence-corrected chi connectivity index (χ3v) is 4.29. The molecule has 1 aromatic carbocycles. The zero-order valence-corrected chi connectivity index (χ0v) is 13.9. The van der Waals surface area contributed by atoms with Gasteiger partial charge in [0.1, 0.15) is 0 Å². The van der Waals surface area contributed by atoms with Crippen molar-refractivity contribution in [1.82, 2.24) is 10.3 Å². The van der Waals surface area contributed by atoms with Crippen molar-refractivity contribution >= 4 is 21.8 Å². The molecule has 1 fully saturated rings. The number of benzene rings is 1. The molecule has 1 saturated carbocycles. The molecule has 0 aromatic heterocycles. The van der Waals surface area contributed by atoms with Crippen LogP contribution in [0.25, 0.3) is 0 Å².